The number of para-hydroxylation sites is 5. The Morgan fingerprint density at radius 3 is 1.60 bits per heavy atom. The standard InChI is InChI=1S/C50H29N5/c51-30-32-26-35(33-12-9-14-36(28-33)54-43-20-5-3-17-40(43)41-19-10-13-34(31-52)50(41)54)29-37(27-32)53-46-23-8-4-18-42(46)49-47(53)24-11-25-48(49)55-44-21-6-1-15-38(44)39-16-2-7-22-45(39)55/h1-29H. The number of nitriles is 2. The quantitative estimate of drug-likeness (QED) is 0.184. The Labute approximate surface area is 316 Å². The van der Waals surface area contributed by atoms with Crippen molar-refractivity contribution in [3.63, 3.8) is 0 Å². The summed E-state index contributed by atoms with van der Waals surface area (Å²) >= 11 is 0. The van der Waals surface area contributed by atoms with E-state index in [0.29, 0.717) is 11.1 Å². The Morgan fingerprint density at radius 1 is 0.364 bits per heavy atom. The SMILES string of the molecule is N#Cc1cc(-c2cccc(-n3c4ccccc4c4cccc(C#N)c43)c2)cc(-n2c3ccccc3c3c(-n4c5ccccc5c5ccccc54)cccc32)c1. The van der Waals surface area contributed by atoms with Gasteiger partial charge in [-0.1, -0.05) is 103 Å². The number of fused-ring (bicyclic) bond motifs is 9. The highest BCUT2D eigenvalue weighted by Gasteiger charge is 2.21. The van der Waals surface area contributed by atoms with Crippen molar-refractivity contribution in [3.8, 4) is 40.3 Å². The average molecular weight is 700 g/mol. The molecule has 0 aliphatic carbocycles. The van der Waals surface area contributed by atoms with Gasteiger partial charge in [-0.25, -0.2) is 0 Å². The van der Waals surface area contributed by atoms with E-state index >= 15 is 0 Å². The van der Waals surface area contributed by atoms with Gasteiger partial charge in [0.1, 0.15) is 6.07 Å². The van der Waals surface area contributed by atoms with Crippen LogP contribution < -0.4 is 0 Å². The number of benzene rings is 8. The van der Waals surface area contributed by atoms with Crippen molar-refractivity contribution < 1.29 is 0 Å². The number of nitrogens with zero attached hydrogens (tertiary/aromatic N) is 5. The molecule has 0 saturated carbocycles. The topological polar surface area (TPSA) is 62.4 Å². The predicted octanol–water partition coefficient (Wildman–Crippen LogP) is 12.4. The van der Waals surface area contributed by atoms with Crippen LogP contribution >= 0.6 is 0 Å². The monoisotopic (exact) mass is 699 g/mol. The molecule has 0 aliphatic rings. The first-order valence-electron chi connectivity index (χ1n) is 18.3. The van der Waals surface area contributed by atoms with Crippen molar-refractivity contribution in [2.45, 2.75) is 0 Å². The van der Waals surface area contributed by atoms with E-state index < -0.39 is 0 Å². The Kier molecular flexibility index (Phi) is 6.61. The van der Waals surface area contributed by atoms with Gasteiger partial charge in [-0.15, -0.1) is 0 Å². The highest BCUT2D eigenvalue weighted by atomic mass is 15.0. The van der Waals surface area contributed by atoms with Gasteiger partial charge in [0.05, 0.1) is 56.0 Å². The van der Waals surface area contributed by atoms with E-state index in [1.54, 1.807) is 0 Å². The fourth-order valence-electron chi connectivity index (χ4n) is 8.82. The zero-order chi connectivity index (χ0) is 36.6. The second kappa shape index (κ2) is 11.8. The second-order valence-electron chi connectivity index (χ2n) is 14.0. The smallest absolute Gasteiger partial charge is 0.101 e. The van der Waals surface area contributed by atoms with Crippen LogP contribution in [-0.4, -0.2) is 13.7 Å². The largest absolute Gasteiger partial charge is 0.309 e. The van der Waals surface area contributed by atoms with Gasteiger partial charge in [-0.2, -0.15) is 10.5 Å². The molecule has 0 saturated heterocycles. The molecule has 0 amide bonds. The molecule has 11 rings (SSSR count). The molecule has 0 unspecified atom stereocenters. The number of rotatable bonds is 4. The first-order chi connectivity index (χ1) is 27.2. The normalized spacial score (nSPS) is 11.6. The van der Waals surface area contributed by atoms with Crippen molar-refractivity contribution in [1.29, 1.82) is 10.5 Å². The van der Waals surface area contributed by atoms with E-state index in [4.69, 9.17) is 0 Å². The first kappa shape index (κ1) is 30.7. The molecule has 5 heteroatoms. The third-order valence-electron chi connectivity index (χ3n) is 11.1. The second-order valence-corrected chi connectivity index (χ2v) is 14.0. The number of hydrogen-bond acceptors (Lipinski definition) is 2. The molecular formula is C50H29N5. The van der Waals surface area contributed by atoms with Gasteiger partial charge >= 0.3 is 0 Å². The number of hydrogen-bond donors (Lipinski definition) is 0. The average Bonchev–Trinajstić information content (AvgIpc) is 3.89. The van der Waals surface area contributed by atoms with E-state index in [2.05, 4.69) is 165 Å². The van der Waals surface area contributed by atoms with Crippen LogP contribution in [0.25, 0.3) is 93.6 Å². The lowest BCUT2D eigenvalue weighted by Crippen LogP contribution is -1.98. The third-order valence-corrected chi connectivity index (χ3v) is 11.1. The Balaban J connectivity index is 1.15. The fourth-order valence-corrected chi connectivity index (χ4v) is 8.82. The summed E-state index contributed by atoms with van der Waals surface area (Å²) in [7, 11) is 0. The molecule has 0 radical (unpaired) electrons. The van der Waals surface area contributed by atoms with Gasteiger partial charge in [0.15, 0.2) is 0 Å². The lowest BCUT2D eigenvalue weighted by atomic mass is 10.0. The van der Waals surface area contributed by atoms with Gasteiger partial charge in [-0.3, -0.25) is 0 Å². The van der Waals surface area contributed by atoms with E-state index in [1.807, 2.05) is 36.4 Å². The summed E-state index contributed by atoms with van der Waals surface area (Å²) in [5.41, 5.74) is 12.4. The van der Waals surface area contributed by atoms with Crippen LogP contribution in [0.1, 0.15) is 11.1 Å². The molecule has 3 aromatic heterocycles. The maximum atomic E-state index is 10.4. The van der Waals surface area contributed by atoms with Crippen LogP contribution in [0.3, 0.4) is 0 Å². The van der Waals surface area contributed by atoms with Crippen LogP contribution in [0, 0.1) is 22.7 Å². The minimum Gasteiger partial charge on any atom is -0.309 e. The summed E-state index contributed by atoms with van der Waals surface area (Å²) in [5.74, 6) is 0. The molecule has 254 valence electrons. The molecular weight excluding hydrogens is 671 g/mol. The zero-order valence-electron chi connectivity index (χ0n) is 29.5. The summed E-state index contributed by atoms with van der Waals surface area (Å²) in [6, 6.07) is 65.9. The van der Waals surface area contributed by atoms with E-state index in [9.17, 15) is 10.5 Å². The van der Waals surface area contributed by atoms with Crippen molar-refractivity contribution in [3.05, 3.63) is 187 Å². The molecule has 55 heavy (non-hydrogen) atoms. The summed E-state index contributed by atoms with van der Waals surface area (Å²) in [6.07, 6.45) is 0. The molecule has 5 nitrogen and oxygen atoms in total. The third kappa shape index (κ3) is 4.45. The Bertz CT molecular complexity index is 3420. The minimum absolute atomic E-state index is 0.575. The predicted molar refractivity (Wildman–Crippen MR) is 224 cm³/mol. The van der Waals surface area contributed by atoms with Gasteiger partial charge in [-0.05, 0) is 83.9 Å². The van der Waals surface area contributed by atoms with Crippen LogP contribution in [0.5, 0.6) is 0 Å². The molecule has 8 aromatic carbocycles. The lowest BCUT2D eigenvalue weighted by Gasteiger charge is -2.14. The van der Waals surface area contributed by atoms with Gasteiger partial charge in [0.25, 0.3) is 0 Å². The van der Waals surface area contributed by atoms with Gasteiger partial charge in [0, 0.05) is 43.7 Å². The van der Waals surface area contributed by atoms with Crippen LogP contribution in [-0.2, 0) is 0 Å². The molecule has 11 aromatic rings. The van der Waals surface area contributed by atoms with Crippen LogP contribution in [0.2, 0.25) is 0 Å². The summed E-state index contributed by atoms with van der Waals surface area (Å²) in [4.78, 5) is 0. The summed E-state index contributed by atoms with van der Waals surface area (Å²) in [5, 5.41) is 27.5. The minimum atomic E-state index is 0.575. The lowest BCUT2D eigenvalue weighted by molar-refractivity contribution is 1.16. The highest BCUT2D eigenvalue weighted by Crippen LogP contribution is 2.41. The first-order valence-corrected chi connectivity index (χ1v) is 18.3. The van der Waals surface area contributed by atoms with Crippen molar-refractivity contribution in [2.24, 2.45) is 0 Å². The fraction of sp³-hybridized carbons (Fsp3) is 0. The molecule has 0 fully saturated rings. The van der Waals surface area contributed by atoms with Crippen molar-refractivity contribution >= 4 is 65.4 Å². The number of aromatic nitrogens is 3. The van der Waals surface area contributed by atoms with E-state index in [0.717, 1.165) is 82.8 Å². The van der Waals surface area contributed by atoms with Gasteiger partial charge < -0.3 is 13.7 Å². The molecule has 3 heterocycles. The van der Waals surface area contributed by atoms with E-state index in [1.165, 1.54) is 10.8 Å². The maximum absolute atomic E-state index is 10.4. The molecule has 0 spiro atoms. The highest BCUT2D eigenvalue weighted by molar-refractivity contribution is 6.16. The summed E-state index contributed by atoms with van der Waals surface area (Å²) in [6.45, 7) is 0. The van der Waals surface area contributed by atoms with Crippen LogP contribution in [0.15, 0.2) is 176 Å². The molecule has 0 aliphatic heterocycles. The van der Waals surface area contributed by atoms with Gasteiger partial charge in [0.2, 0.25) is 0 Å². The van der Waals surface area contributed by atoms with Crippen molar-refractivity contribution in [2.75, 3.05) is 0 Å². The molecule has 0 N–H and O–H groups in total. The Morgan fingerprint density at radius 2 is 0.909 bits per heavy atom. The molecule has 0 atom stereocenters. The van der Waals surface area contributed by atoms with Crippen LogP contribution in [0.4, 0.5) is 0 Å². The Hall–Kier alpha value is -7.86. The maximum Gasteiger partial charge on any atom is 0.101 e. The molecule has 0 bridgehead atoms. The zero-order valence-corrected chi connectivity index (χ0v) is 29.5. The van der Waals surface area contributed by atoms with E-state index in [-0.39, 0.29) is 0 Å². The summed E-state index contributed by atoms with van der Waals surface area (Å²) < 4.78 is 6.87. The van der Waals surface area contributed by atoms with Crippen molar-refractivity contribution in [1.82, 2.24) is 13.7 Å².